The highest BCUT2D eigenvalue weighted by atomic mass is 79.9. The Hall–Kier alpha value is -11.8. The number of nitrogens with zero attached hydrogens (tertiary/aromatic N) is 1. The number of aromatic hydroxyl groups is 3. The van der Waals surface area contributed by atoms with Crippen LogP contribution in [0.1, 0.15) is 94.9 Å². The fraction of sp³-hybridized carbons (Fsp3) is 0.453. The van der Waals surface area contributed by atoms with Gasteiger partial charge in [-0.15, -0.1) is 0 Å². The average Bonchev–Trinajstić information content (AvgIpc) is 1.66. The van der Waals surface area contributed by atoms with Gasteiger partial charge in [-0.2, -0.15) is 0 Å². The van der Waals surface area contributed by atoms with Gasteiger partial charge in [0.2, 0.25) is 82.7 Å². The number of fused-ring (bicyclic) bond motifs is 1. The minimum Gasteiger partial charge on any atom is -0.508 e. The van der Waals surface area contributed by atoms with Gasteiger partial charge in [-0.1, -0.05) is 72.2 Å². The number of halogens is 1. The number of aliphatic hydroxyl groups excluding tert-OH is 2. The number of primary amides is 1. The van der Waals surface area contributed by atoms with Crippen molar-refractivity contribution in [2.24, 2.45) is 23.1 Å². The monoisotopic (exact) mass is 1650 g/mol. The van der Waals surface area contributed by atoms with Crippen molar-refractivity contribution in [1.82, 2.24) is 73.7 Å². The van der Waals surface area contributed by atoms with Gasteiger partial charge in [0.25, 0.3) is 0 Å². The summed E-state index contributed by atoms with van der Waals surface area (Å²) in [5.74, 6) is -15.6. The van der Waals surface area contributed by atoms with Crippen molar-refractivity contribution in [2.75, 3.05) is 39.3 Å². The Bertz CT molecular complexity index is 4220. The smallest absolute Gasteiger partial charge is 0.322 e. The highest BCUT2D eigenvalue weighted by Gasteiger charge is 2.41. The number of rotatable bonds is 44. The van der Waals surface area contributed by atoms with E-state index in [1.165, 1.54) is 93.3 Å². The zero-order valence-corrected chi connectivity index (χ0v) is 64.7. The maximum atomic E-state index is 14.7. The van der Waals surface area contributed by atoms with Gasteiger partial charge in [-0.05, 0) is 142 Å². The molecule has 0 spiro atoms. The van der Waals surface area contributed by atoms with E-state index in [-0.39, 0.29) is 68.9 Å². The zero-order valence-electron chi connectivity index (χ0n) is 63.1. The summed E-state index contributed by atoms with van der Waals surface area (Å²) in [6.07, 6.45) is -0.323. The van der Waals surface area contributed by atoms with Crippen LogP contribution < -0.4 is 81.0 Å². The Morgan fingerprint density at radius 2 is 1.03 bits per heavy atom. The highest BCUT2D eigenvalue weighted by Crippen LogP contribution is 2.25. The summed E-state index contributed by atoms with van der Waals surface area (Å²) in [4.78, 5) is 208. The fourth-order valence-corrected chi connectivity index (χ4v) is 12.5. The molecule has 1 aliphatic rings. The number of nitrogens with two attached hydrogens (primary N) is 3. The van der Waals surface area contributed by atoms with Gasteiger partial charge in [0, 0.05) is 53.8 Å². The Kier molecular flexibility index (Phi) is 35.5. The van der Waals surface area contributed by atoms with E-state index in [0.29, 0.717) is 36.0 Å². The number of carbonyl (C=O) groups excluding carboxylic acids is 14. The predicted octanol–water partition coefficient (Wildman–Crippen LogP) is -4.12. The Labute approximate surface area is 663 Å². The number of carboxylic acids is 1. The van der Waals surface area contributed by atoms with Gasteiger partial charge in [0.15, 0.2) is 0 Å². The number of benzene rings is 4. The van der Waals surface area contributed by atoms with Crippen LogP contribution in [0.5, 0.6) is 17.2 Å². The second-order valence-corrected chi connectivity index (χ2v) is 28.7. The topological polar surface area (TPSA) is 619 Å². The number of phenols is 3. The number of carboxylic acid groups (broad SMARTS) is 1. The molecule has 0 aliphatic carbocycles. The number of amides is 14. The summed E-state index contributed by atoms with van der Waals surface area (Å²) in [6.45, 7) is 2.10. The molecular weight excluding hydrogens is 1550 g/mol. The van der Waals surface area contributed by atoms with E-state index in [2.05, 4.69) is 84.7 Å². The largest absolute Gasteiger partial charge is 0.508 e. The normalized spacial score (nSPS) is 15.4. The summed E-state index contributed by atoms with van der Waals surface area (Å²) in [5.41, 5.74) is 20.4. The number of aliphatic carboxylic acids is 1. The number of aromatic nitrogens is 1. The second-order valence-electron chi connectivity index (χ2n) is 27.8. The number of H-pyrrole nitrogens is 1. The molecule has 0 radical (unpaired) electrons. The number of unbranched alkanes of at least 4 members (excludes halogenated alkanes) is 1. The third-order valence-corrected chi connectivity index (χ3v) is 18.9. The quantitative estimate of drug-likeness (QED) is 0.0165. The van der Waals surface area contributed by atoms with E-state index < -0.39 is 206 Å². The lowest BCUT2D eigenvalue weighted by molar-refractivity contribution is -0.143. The van der Waals surface area contributed by atoms with E-state index in [9.17, 15) is 97.5 Å². The van der Waals surface area contributed by atoms with Crippen LogP contribution in [0.25, 0.3) is 10.9 Å². The number of aliphatic hydroxyl groups is 2. The molecule has 1 fully saturated rings. The van der Waals surface area contributed by atoms with Gasteiger partial charge in [-0.3, -0.25) is 71.9 Å². The molecule has 25 N–H and O–H groups in total. The molecule has 2 heterocycles. The Morgan fingerprint density at radius 3 is 1.54 bits per heavy atom. The maximum Gasteiger partial charge on any atom is 0.322 e. The second kappa shape index (κ2) is 44.4. The van der Waals surface area contributed by atoms with Crippen LogP contribution >= 0.6 is 15.9 Å². The summed E-state index contributed by atoms with van der Waals surface area (Å²) in [7, 11) is 0. The minimum atomic E-state index is -1.76. The first kappa shape index (κ1) is 91.1. The van der Waals surface area contributed by atoms with Crippen LogP contribution in [0, 0.1) is 5.92 Å². The predicted molar refractivity (Wildman–Crippen MR) is 412 cm³/mol. The SMILES string of the molecule is CC(C)[C@H](NC(=O)[C@H](CO)NC(=O)[C@H](Cc1ccc(O)cc1)NC(=O)[C@H](Cc1ccc(O)cc1)NC(=O)CNC(=O)[C@H](CCC(N)=O)NC(=O)CNC(=O)[C@H](C)NC(=O)[C@@H](NC(=O)[C@@H]1CCCN1C(=O)[C@H](CCCCN)NC(=O)[C@H](Cc1ccc(O)cc1)NC(=O)[C@@H](N)Cc1c[nH]c2cc(Br)ccc12)[C@@H](C)O)C(=O)NCC(=O)O. The molecule has 1 aliphatic heterocycles. The number of aromatic amines is 1. The molecule has 12 atom stereocenters. The number of hydrogen-bond acceptors (Lipinski definition) is 22. The van der Waals surface area contributed by atoms with Crippen LogP contribution in [0.15, 0.2) is 102 Å². The molecule has 4 aromatic carbocycles. The van der Waals surface area contributed by atoms with Crippen molar-refractivity contribution in [3.63, 3.8) is 0 Å². The van der Waals surface area contributed by atoms with Crippen LogP contribution in [0.2, 0.25) is 0 Å². The Balaban J connectivity index is 1.06. The first-order valence-corrected chi connectivity index (χ1v) is 37.5. The molecule has 1 aromatic heterocycles. The third-order valence-electron chi connectivity index (χ3n) is 18.4. The van der Waals surface area contributed by atoms with Crippen LogP contribution in [0.4, 0.5) is 0 Å². The molecule has 0 bridgehead atoms. The van der Waals surface area contributed by atoms with Crippen molar-refractivity contribution >= 4 is 116 Å². The van der Waals surface area contributed by atoms with Crippen LogP contribution in [-0.2, 0) is 97.6 Å². The summed E-state index contributed by atoms with van der Waals surface area (Å²) in [5, 5.41) is 90.1. The van der Waals surface area contributed by atoms with Gasteiger partial charge < -0.3 is 122 Å². The van der Waals surface area contributed by atoms with Gasteiger partial charge in [0.05, 0.1) is 31.8 Å². The van der Waals surface area contributed by atoms with Crippen molar-refractivity contribution in [2.45, 2.75) is 171 Å². The molecule has 6 rings (SSSR count). The van der Waals surface area contributed by atoms with Gasteiger partial charge in [0.1, 0.15) is 84.2 Å². The number of nitrogens with one attached hydrogen (secondary N) is 13. The molecule has 1 saturated heterocycles. The van der Waals surface area contributed by atoms with Gasteiger partial charge >= 0.3 is 5.97 Å². The number of likely N-dealkylation sites (tertiary alicyclic amines) is 1. The van der Waals surface area contributed by atoms with Crippen molar-refractivity contribution in [1.29, 1.82) is 0 Å². The zero-order chi connectivity index (χ0) is 84.0. The van der Waals surface area contributed by atoms with Crippen molar-refractivity contribution < 1.29 is 103 Å². The molecule has 5 aromatic rings. The van der Waals surface area contributed by atoms with Crippen LogP contribution in [0.3, 0.4) is 0 Å². The van der Waals surface area contributed by atoms with Gasteiger partial charge in [-0.25, -0.2) is 0 Å². The van der Waals surface area contributed by atoms with Crippen LogP contribution in [-0.4, -0.2) is 241 Å². The molecule has 39 heteroatoms. The lowest BCUT2D eigenvalue weighted by atomic mass is 10.0. The summed E-state index contributed by atoms with van der Waals surface area (Å²) >= 11 is 3.44. The molecular formula is C75H100BrN17O21. The standard InChI is InChI=1S/C75H100BrN17O21/c1-38(2)63(73(112)83-36-62(102)103)91-71(110)57(37-94)90-70(109)56(30-43-14-21-48(98)22-15-43)89-68(107)54(28-41-10-17-46(96)18-11-41)86-61(101)35-82-67(106)51(24-25-59(79)99)85-60(100)34-81-65(104)39(3)84-74(113)64(40(4)95)92-72(111)58-9-7-27-93(58)75(114)52(8-5-6-26-77)87-69(108)55(29-42-12-19-47(97)20-13-42)88-66(105)50(78)31-44-33-80-53-32-45(76)16-23-49(44)53/h10-23,32-33,38-40,50-52,54-58,63-64,80,94-98H,5-9,24-31,34-37,77-78H2,1-4H3,(H2,79,99)(H,81,104)(H,82,106)(H,83,112)(H,84,113)(H,85,100)(H,86,101)(H,87,108)(H,88,105)(H,89,107)(H,90,109)(H,91,110)(H,92,111)(H,102,103)/t39-,40+,50-,51-,52-,54-,55-,56-,57-,58-,63-,64-/m0/s1. The molecule has 618 valence electrons. The highest BCUT2D eigenvalue weighted by molar-refractivity contribution is 9.10. The van der Waals surface area contributed by atoms with E-state index in [4.69, 9.17) is 22.3 Å². The molecule has 114 heavy (non-hydrogen) atoms. The fourth-order valence-electron chi connectivity index (χ4n) is 12.2. The van der Waals surface area contributed by atoms with Crippen molar-refractivity contribution in [3.05, 3.63) is 124 Å². The molecule has 0 unspecified atom stereocenters. The summed E-state index contributed by atoms with van der Waals surface area (Å²) < 4.78 is 0.831. The van der Waals surface area contributed by atoms with E-state index in [1.54, 1.807) is 18.3 Å². The molecule has 38 nitrogen and oxygen atoms in total. The van der Waals surface area contributed by atoms with E-state index >= 15 is 0 Å². The number of hydrogen-bond donors (Lipinski definition) is 22. The number of phenolic OH excluding ortho intramolecular Hbond substituents is 3. The molecule has 0 saturated carbocycles. The van der Waals surface area contributed by atoms with Crippen molar-refractivity contribution in [3.8, 4) is 17.2 Å². The molecule has 14 amide bonds. The van der Waals surface area contributed by atoms with E-state index in [0.717, 1.165) is 20.9 Å². The maximum absolute atomic E-state index is 14.7. The minimum absolute atomic E-state index is 0.0263. The first-order chi connectivity index (χ1) is 54.0. The number of carbonyl (C=O) groups is 15. The Morgan fingerprint density at radius 1 is 0.535 bits per heavy atom. The first-order valence-electron chi connectivity index (χ1n) is 36.7. The lowest BCUT2D eigenvalue weighted by Gasteiger charge is -2.31. The summed E-state index contributed by atoms with van der Waals surface area (Å²) in [6, 6.07) is 6.10. The third kappa shape index (κ3) is 28.7. The average molecular weight is 1660 g/mol. The lowest BCUT2D eigenvalue weighted by Crippen LogP contribution is -2.61. The van der Waals surface area contributed by atoms with E-state index in [1.807, 2.05) is 18.2 Å².